The van der Waals surface area contributed by atoms with Gasteiger partial charge in [-0.1, -0.05) is 6.92 Å². The van der Waals surface area contributed by atoms with E-state index in [1.54, 1.807) is 51.4 Å². The molecule has 0 radical (unpaired) electrons. The predicted molar refractivity (Wildman–Crippen MR) is 185 cm³/mol. The van der Waals surface area contributed by atoms with Gasteiger partial charge in [0, 0.05) is 63.3 Å². The molecule has 2 aliphatic rings. The summed E-state index contributed by atoms with van der Waals surface area (Å²) in [5, 5.41) is 13.0. The van der Waals surface area contributed by atoms with Gasteiger partial charge in [0.1, 0.15) is 5.75 Å². The third kappa shape index (κ3) is 8.97. The number of imidazole rings is 1. The third-order valence-electron chi connectivity index (χ3n) is 8.68. The molecule has 0 aliphatic carbocycles. The van der Waals surface area contributed by atoms with Crippen molar-refractivity contribution in [3.8, 4) is 17.2 Å². The number of aryl methyl sites for hydroxylation is 1. The second-order valence-electron chi connectivity index (χ2n) is 12.9. The molecule has 3 amide bonds. The number of hydrogen-bond donors (Lipinski definition) is 3. The fourth-order valence-electron chi connectivity index (χ4n) is 5.73. The summed E-state index contributed by atoms with van der Waals surface area (Å²) < 4.78 is 53.6. The molecule has 2 aromatic carbocycles. The van der Waals surface area contributed by atoms with Gasteiger partial charge in [-0.05, 0) is 63.4 Å². The quantitative estimate of drug-likeness (QED) is 0.311. The number of aliphatic hydroxyl groups is 1. The second kappa shape index (κ2) is 16.0. The van der Waals surface area contributed by atoms with E-state index < -0.39 is 28.1 Å². The topological polar surface area (TPSA) is 174 Å². The van der Waals surface area contributed by atoms with Crippen molar-refractivity contribution in [1.29, 1.82) is 0 Å². The number of anilines is 2. The van der Waals surface area contributed by atoms with E-state index in [0.717, 1.165) is 12.8 Å². The summed E-state index contributed by atoms with van der Waals surface area (Å²) in [5.74, 6) is 0.723. The lowest BCUT2D eigenvalue weighted by Gasteiger charge is -2.35. The average molecular weight is 715 g/mol. The molecule has 0 saturated heterocycles. The van der Waals surface area contributed by atoms with Crippen LogP contribution in [0.5, 0.6) is 17.2 Å². The van der Waals surface area contributed by atoms with E-state index in [4.69, 9.17) is 18.9 Å². The molecular formula is C34H46N6O9S. The second-order valence-corrected chi connectivity index (χ2v) is 14.5. The first-order chi connectivity index (χ1) is 23.8. The van der Waals surface area contributed by atoms with Crippen LogP contribution in [0.2, 0.25) is 0 Å². The molecule has 3 heterocycles. The van der Waals surface area contributed by atoms with Gasteiger partial charge >= 0.3 is 6.03 Å². The van der Waals surface area contributed by atoms with Crippen molar-refractivity contribution < 1.29 is 42.1 Å². The summed E-state index contributed by atoms with van der Waals surface area (Å²) in [5.41, 5.74) is 0.845. The van der Waals surface area contributed by atoms with Gasteiger partial charge in [0.15, 0.2) is 16.5 Å². The molecule has 2 aliphatic heterocycles. The minimum absolute atomic E-state index is 0.126. The summed E-state index contributed by atoms with van der Waals surface area (Å²) in [6, 6.07) is 8.78. The van der Waals surface area contributed by atoms with E-state index >= 15 is 0 Å². The maximum absolute atomic E-state index is 14.4. The van der Waals surface area contributed by atoms with Crippen LogP contribution >= 0.6 is 0 Å². The Kier molecular flexibility index (Phi) is 11.8. The highest BCUT2D eigenvalue weighted by Gasteiger charge is 2.31. The summed E-state index contributed by atoms with van der Waals surface area (Å²) in [7, 11) is -0.706. The van der Waals surface area contributed by atoms with Crippen molar-refractivity contribution in [2.24, 2.45) is 13.0 Å². The van der Waals surface area contributed by atoms with Crippen molar-refractivity contribution in [3.05, 3.63) is 54.5 Å². The minimum atomic E-state index is -4.04. The van der Waals surface area contributed by atoms with Gasteiger partial charge in [-0.2, -0.15) is 8.42 Å². The number of amides is 3. The Morgan fingerprint density at radius 3 is 2.58 bits per heavy atom. The molecule has 272 valence electrons. The molecule has 16 heteroatoms. The lowest BCUT2D eigenvalue weighted by Crippen LogP contribution is -2.48. The molecule has 0 unspecified atom stereocenters. The molecule has 0 bridgehead atoms. The van der Waals surface area contributed by atoms with Gasteiger partial charge in [-0.3, -0.25) is 9.52 Å². The van der Waals surface area contributed by atoms with Gasteiger partial charge < -0.3 is 43.7 Å². The largest absolute Gasteiger partial charge is 0.490 e. The highest BCUT2D eigenvalue weighted by molar-refractivity contribution is 7.92. The summed E-state index contributed by atoms with van der Waals surface area (Å²) in [4.78, 5) is 34.6. The number of aromatic nitrogens is 2. The van der Waals surface area contributed by atoms with Crippen LogP contribution in [0.3, 0.4) is 0 Å². The molecular weight excluding hydrogens is 668 g/mol. The van der Waals surface area contributed by atoms with Crippen LogP contribution < -0.4 is 24.2 Å². The number of sulfonamides is 1. The number of carbonyl (C=O) groups is 2. The molecule has 5 rings (SSSR count). The van der Waals surface area contributed by atoms with Crippen molar-refractivity contribution in [2.45, 2.75) is 63.3 Å². The summed E-state index contributed by atoms with van der Waals surface area (Å²) >= 11 is 0. The van der Waals surface area contributed by atoms with Gasteiger partial charge in [0.2, 0.25) is 6.79 Å². The molecule has 0 fully saturated rings. The zero-order valence-corrected chi connectivity index (χ0v) is 29.8. The van der Waals surface area contributed by atoms with Gasteiger partial charge in [0.05, 0.1) is 36.7 Å². The van der Waals surface area contributed by atoms with Gasteiger partial charge in [-0.15, -0.1) is 0 Å². The number of hydrogen-bond acceptors (Lipinski definition) is 10. The van der Waals surface area contributed by atoms with Crippen LogP contribution in [0.15, 0.2) is 53.9 Å². The molecule has 4 atom stereocenters. The maximum Gasteiger partial charge on any atom is 0.321 e. The summed E-state index contributed by atoms with van der Waals surface area (Å²) in [6.45, 7) is 6.21. The van der Waals surface area contributed by atoms with E-state index in [1.165, 1.54) is 33.0 Å². The maximum atomic E-state index is 14.4. The van der Waals surface area contributed by atoms with Crippen LogP contribution in [0, 0.1) is 5.92 Å². The van der Waals surface area contributed by atoms with Crippen LogP contribution in [0.1, 0.15) is 50.4 Å². The molecule has 3 N–H and O–H groups in total. The third-order valence-corrected chi connectivity index (χ3v) is 9.95. The van der Waals surface area contributed by atoms with E-state index in [2.05, 4.69) is 15.0 Å². The standard InChI is InChI=1S/C34H46N6O9S/c1-22-16-40(23(2)19-41)33(42)27-14-26(37-50(44,45)32-18-38(4)20-35-32)10-11-28(27)49-24(3)8-6-7-13-46-31(22)17-39(5)34(43)36-25-9-12-29-30(15-25)48-21-47-29/h9-12,14-15,18,20,22-24,31,37,41H,6-8,13,16-17,19,21H2,1-5H3,(H,36,43)/t22-,23-,24-,31-/m0/s1. The Hall–Kier alpha value is -4.54. The molecule has 0 spiro atoms. The van der Waals surface area contributed by atoms with Gasteiger partial charge in [0.25, 0.3) is 15.9 Å². The number of aliphatic hydroxyl groups excluding tert-OH is 1. The van der Waals surface area contributed by atoms with Crippen LogP contribution in [-0.4, -0.2) is 103 Å². The molecule has 3 aromatic rings. The molecule has 0 saturated carbocycles. The number of fused-ring (bicyclic) bond motifs is 2. The van der Waals surface area contributed by atoms with Crippen LogP contribution in [0.25, 0.3) is 0 Å². The van der Waals surface area contributed by atoms with E-state index in [1.807, 2.05) is 13.8 Å². The number of carbonyl (C=O) groups excluding carboxylic acids is 2. The molecule has 50 heavy (non-hydrogen) atoms. The monoisotopic (exact) mass is 714 g/mol. The lowest BCUT2D eigenvalue weighted by atomic mass is 10.0. The highest BCUT2D eigenvalue weighted by atomic mass is 32.2. The Morgan fingerprint density at radius 1 is 1.10 bits per heavy atom. The number of rotatable bonds is 8. The smallest absolute Gasteiger partial charge is 0.321 e. The first kappa shape index (κ1) is 36.7. The minimum Gasteiger partial charge on any atom is -0.490 e. The Balaban J connectivity index is 1.38. The van der Waals surface area contributed by atoms with Gasteiger partial charge in [-0.25, -0.2) is 9.78 Å². The number of nitrogens with zero attached hydrogens (tertiary/aromatic N) is 4. The number of likely N-dealkylation sites (N-methyl/N-ethyl adjacent to an activating group) is 1. The first-order valence-corrected chi connectivity index (χ1v) is 18.1. The molecule has 15 nitrogen and oxygen atoms in total. The fourth-order valence-corrected chi connectivity index (χ4v) is 6.76. The first-order valence-electron chi connectivity index (χ1n) is 16.6. The van der Waals surface area contributed by atoms with Crippen LogP contribution in [0.4, 0.5) is 16.2 Å². The van der Waals surface area contributed by atoms with E-state index in [-0.39, 0.29) is 60.8 Å². The number of urea groups is 1. The van der Waals surface area contributed by atoms with E-state index in [0.29, 0.717) is 36.0 Å². The predicted octanol–water partition coefficient (Wildman–Crippen LogP) is 3.91. The van der Waals surface area contributed by atoms with Crippen molar-refractivity contribution in [3.63, 3.8) is 0 Å². The Bertz CT molecular complexity index is 1770. The van der Waals surface area contributed by atoms with Crippen molar-refractivity contribution in [2.75, 3.05) is 50.2 Å². The zero-order chi connectivity index (χ0) is 36.0. The van der Waals surface area contributed by atoms with Crippen LogP contribution in [-0.2, 0) is 21.8 Å². The number of benzene rings is 2. The Labute approximate surface area is 292 Å². The van der Waals surface area contributed by atoms with Crippen molar-refractivity contribution in [1.82, 2.24) is 19.4 Å². The lowest BCUT2D eigenvalue weighted by molar-refractivity contribution is -0.0115. The Morgan fingerprint density at radius 2 is 1.84 bits per heavy atom. The average Bonchev–Trinajstić information content (AvgIpc) is 3.75. The fraction of sp³-hybridized carbons (Fsp3) is 0.500. The number of nitrogens with one attached hydrogen (secondary N) is 2. The highest BCUT2D eigenvalue weighted by Crippen LogP contribution is 2.34. The van der Waals surface area contributed by atoms with Crippen molar-refractivity contribution >= 4 is 33.3 Å². The molecule has 1 aromatic heterocycles. The summed E-state index contributed by atoms with van der Waals surface area (Å²) in [6.07, 6.45) is 4.26. The zero-order valence-electron chi connectivity index (χ0n) is 29.0. The number of ether oxygens (including phenoxy) is 4. The normalized spacial score (nSPS) is 20.6. The SMILES string of the molecule is C[C@H]1CCCCO[C@@H](CN(C)C(=O)Nc2ccc3c(c2)OCO3)[C@@H](C)CN([C@@H](C)CO)C(=O)c2cc(NS(=O)(=O)c3cn(C)cn3)ccc2O1. The van der Waals surface area contributed by atoms with E-state index in [9.17, 15) is 23.1 Å².